The molecular formula is C16H22N4O2. The summed E-state index contributed by atoms with van der Waals surface area (Å²) in [6.07, 6.45) is 3.68. The van der Waals surface area contributed by atoms with Crippen molar-refractivity contribution in [2.75, 3.05) is 20.2 Å². The van der Waals surface area contributed by atoms with Crippen molar-refractivity contribution < 1.29 is 9.90 Å². The number of benzene rings is 1. The molecular weight excluding hydrogens is 280 g/mol. The maximum atomic E-state index is 11.9. The second-order valence-electron chi connectivity index (χ2n) is 5.25. The predicted molar refractivity (Wildman–Crippen MR) is 85.0 cm³/mol. The molecule has 0 aliphatic heterocycles. The normalized spacial score (nSPS) is 12.0. The van der Waals surface area contributed by atoms with E-state index in [-0.39, 0.29) is 18.7 Å². The van der Waals surface area contributed by atoms with E-state index in [1.807, 2.05) is 48.9 Å². The van der Waals surface area contributed by atoms with Crippen LogP contribution in [0.15, 0.2) is 36.7 Å². The van der Waals surface area contributed by atoms with Gasteiger partial charge in [0.05, 0.1) is 12.6 Å². The first kappa shape index (κ1) is 16.0. The SMILES string of the molecule is Cc1nccn1-c1ccc(C(C)NC(=O)N(C)CCO)cc1. The molecule has 0 fully saturated rings. The van der Waals surface area contributed by atoms with Gasteiger partial charge in [-0.1, -0.05) is 12.1 Å². The first-order chi connectivity index (χ1) is 10.5. The van der Waals surface area contributed by atoms with Crippen LogP contribution in [0.3, 0.4) is 0 Å². The highest BCUT2D eigenvalue weighted by Gasteiger charge is 2.13. The zero-order valence-corrected chi connectivity index (χ0v) is 13.2. The first-order valence-electron chi connectivity index (χ1n) is 7.25. The van der Waals surface area contributed by atoms with Crippen molar-refractivity contribution in [1.29, 1.82) is 0 Å². The molecule has 6 nitrogen and oxygen atoms in total. The van der Waals surface area contributed by atoms with Crippen molar-refractivity contribution >= 4 is 6.03 Å². The number of imidazole rings is 1. The Morgan fingerprint density at radius 2 is 2.09 bits per heavy atom. The molecule has 0 aliphatic carbocycles. The number of hydrogen-bond donors (Lipinski definition) is 2. The van der Waals surface area contributed by atoms with Crippen molar-refractivity contribution in [3.05, 3.63) is 48.0 Å². The monoisotopic (exact) mass is 302 g/mol. The largest absolute Gasteiger partial charge is 0.395 e. The van der Waals surface area contributed by atoms with Gasteiger partial charge in [-0.05, 0) is 31.5 Å². The van der Waals surface area contributed by atoms with E-state index >= 15 is 0 Å². The summed E-state index contributed by atoms with van der Waals surface area (Å²) in [6.45, 7) is 4.16. The Hall–Kier alpha value is -2.34. The average molecular weight is 302 g/mol. The number of nitrogens with one attached hydrogen (secondary N) is 1. The topological polar surface area (TPSA) is 70.4 Å². The first-order valence-corrected chi connectivity index (χ1v) is 7.25. The highest BCUT2D eigenvalue weighted by Crippen LogP contribution is 2.17. The van der Waals surface area contributed by atoms with E-state index in [1.165, 1.54) is 4.90 Å². The molecule has 2 aromatic rings. The third kappa shape index (κ3) is 3.65. The van der Waals surface area contributed by atoms with Crippen molar-refractivity contribution in [2.45, 2.75) is 19.9 Å². The fourth-order valence-corrected chi connectivity index (χ4v) is 2.20. The number of amides is 2. The van der Waals surface area contributed by atoms with E-state index in [0.717, 1.165) is 17.1 Å². The fraction of sp³-hybridized carbons (Fsp3) is 0.375. The second kappa shape index (κ2) is 7.09. The minimum absolute atomic E-state index is 0.0444. The van der Waals surface area contributed by atoms with E-state index < -0.39 is 0 Å². The molecule has 2 rings (SSSR count). The predicted octanol–water partition coefficient (Wildman–Crippen LogP) is 1.88. The van der Waals surface area contributed by atoms with Crippen LogP contribution in [-0.4, -0.2) is 45.8 Å². The number of aromatic nitrogens is 2. The summed E-state index contributed by atoms with van der Waals surface area (Å²) >= 11 is 0. The van der Waals surface area contributed by atoms with Crippen LogP contribution in [0.4, 0.5) is 4.79 Å². The van der Waals surface area contributed by atoms with Crippen LogP contribution in [0, 0.1) is 6.92 Å². The third-order valence-corrected chi connectivity index (χ3v) is 3.62. The standard InChI is InChI=1S/C16H22N4O2/c1-12(18-16(22)19(3)10-11-21)14-4-6-15(7-5-14)20-9-8-17-13(20)2/h4-9,12,21H,10-11H2,1-3H3,(H,18,22). The van der Waals surface area contributed by atoms with Crippen LogP contribution in [0.2, 0.25) is 0 Å². The second-order valence-corrected chi connectivity index (χ2v) is 5.25. The Morgan fingerprint density at radius 1 is 1.41 bits per heavy atom. The maximum absolute atomic E-state index is 11.9. The van der Waals surface area contributed by atoms with Gasteiger partial charge in [-0.15, -0.1) is 0 Å². The lowest BCUT2D eigenvalue weighted by Gasteiger charge is -2.21. The summed E-state index contributed by atoms with van der Waals surface area (Å²) < 4.78 is 2.00. The molecule has 0 saturated heterocycles. The number of aryl methyl sites for hydroxylation is 1. The van der Waals surface area contributed by atoms with Crippen LogP contribution in [0.5, 0.6) is 0 Å². The highest BCUT2D eigenvalue weighted by molar-refractivity contribution is 5.74. The highest BCUT2D eigenvalue weighted by atomic mass is 16.3. The van der Waals surface area contributed by atoms with Crippen molar-refractivity contribution in [3.63, 3.8) is 0 Å². The van der Waals surface area contributed by atoms with Crippen molar-refractivity contribution in [3.8, 4) is 5.69 Å². The lowest BCUT2D eigenvalue weighted by Crippen LogP contribution is -2.39. The van der Waals surface area contributed by atoms with Crippen LogP contribution in [-0.2, 0) is 0 Å². The van der Waals surface area contributed by atoms with Gasteiger partial charge in [-0.3, -0.25) is 0 Å². The number of carbonyl (C=O) groups excluding carboxylic acids is 1. The van der Waals surface area contributed by atoms with Gasteiger partial charge >= 0.3 is 6.03 Å². The maximum Gasteiger partial charge on any atom is 0.317 e. The molecule has 1 atom stereocenters. The van der Waals surface area contributed by atoms with Crippen molar-refractivity contribution in [1.82, 2.24) is 19.8 Å². The molecule has 2 N–H and O–H groups in total. The van der Waals surface area contributed by atoms with E-state index in [4.69, 9.17) is 5.11 Å². The number of hydrogen-bond acceptors (Lipinski definition) is 3. The Labute approximate surface area is 130 Å². The molecule has 2 amide bonds. The van der Waals surface area contributed by atoms with Gasteiger partial charge in [0, 0.05) is 31.7 Å². The average Bonchev–Trinajstić information content (AvgIpc) is 2.93. The number of rotatable bonds is 5. The zero-order chi connectivity index (χ0) is 16.1. The molecule has 0 bridgehead atoms. The Morgan fingerprint density at radius 3 is 2.64 bits per heavy atom. The molecule has 1 heterocycles. The van der Waals surface area contributed by atoms with Crippen LogP contribution >= 0.6 is 0 Å². The number of urea groups is 1. The van der Waals surface area contributed by atoms with Gasteiger partial charge < -0.3 is 19.9 Å². The molecule has 0 saturated carbocycles. The molecule has 6 heteroatoms. The Kier molecular flexibility index (Phi) is 5.16. The number of aliphatic hydroxyl groups is 1. The van der Waals surface area contributed by atoms with Gasteiger partial charge in [0.1, 0.15) is 5.82 Å². The summed E-state index contributed by atoms with van der Waals surface area (Å²) in [4.78, 5) is 17.6. The molecule has 0 aliphatic rings. The Balaban J connectivity index is 2.04. The summed E-state index contributed by atoms with van der Waals surface area (Å²) in [5.41, 5.74) is 2.06. The van der Waals surface area contributed by atoms with Crippen LogP contribution in [0.1, 0.15) is 24.4 Å². The van der Waals surface area contributed by atoms with E-state index in [2.05, 4.69) is 10.3 Å². The number of aliphatic hydroxyl groups excluding tert-OH is 1. The molecule has 22 heavy (non-hydrogen) atoms. The van der Waals surface area contributed by atoms with E-state index in [9.17, 15) is 4.79 Å². The van der Waals surface area contributed by atoms with Gasteiger partial charge in [-0.2, -0.15) is 0 Å². The lowest BCUT2D eigenvalue weighted by atomic mass is 10.1. The van der Waals surface area contributed by atoms with E-state index in [1.54, 1.807) is 13.2 Å². The van der Waals surface area contributed by atoms with Crippen LogP contribution < -0.4 is 5.32 Å². The fourth-order valence-electron chi connectivity index (χ4n) is 2.20. The number of nitrogens with zero attached hydrogens (tertiary/aromatic N) is 3. The van der Waals surface area contributed by atoms with Crippen LogP contribution in [0.25, 0.3) is 5.69 Å². The number of likely N-dealkylation sites (N-methyl/N-ethyl adjacent to an activating group) is 1. The van der Waals surface area contributed by atoms with Gasteiger partial charge in [0.25, 0.3) is 0 Å². The summed E-state index contributed by atoms with van der Waals surface area (Å²) in [5.74, 6) is 0.930. The quantitative estimate of drug-likeness (QED) is 0.886. The summed E-state index contributed by atoms with van der Waals surface area (Å²) in [5, 5.41) is 11.8. The molecule has 1 aromatic heterocycles. The summed E-state index contributed by atoms with van der Waals surface area (Å²) in [6, 6.07) is 7.69. The minimum atomic E-state index is -0.198. The number of carbonyl (C=O) groups is 1. The molecule has 0 radical (unpaired) electrons. The Bertz CT molecular complexity index is 621. The van der Waals surface area contributed by atoms with Gasteiger partial charge in [-0.25, -0.2) is 9.78 Å². The van der Waals surface area contributed by atoms with E-state index in [0.29, 0.717) is 6.54 Å². The van der Waals surface area contributed by atoms with Gasteiger partial charge in [0.15, 0.2) is 0 Å². The summed E-state index contributed by atoms with van der Waals surface area (Å²) in [7, 11) is 1.66. The smallest absolute Gasteiger partial charge is 0.317 e. The zero-order valence-electron chi connectivity index (χ0n) is 13.2. The molecule has 1 aromatic carbocycles. The molecule has 0 spiro atoms. The lowest BCUT2D eigenvalue weighted by molar-refractivity contribution is 0.188. The van der Waals surface area contributed by atoms with Gasteiger partial charge in [0.2, 0.25) is 0 Å². The van der Waals surface area contributed by atoms with Crippen molar-refractivity contribution in [2.24, 2.45) is 0 Å². The molecule has 1 unspecified atom stereocenters. The minimum Gasteiger partial charge on any atom is -0.395 e. The molecule has 118 valence electrons. The third-order valence-electron chi connectivity index (χ3n) is 3.62.